The molecule has 2 unspecified atom stereocenters. The maximum Gasteiger partial charge on any atom is 0.0360 e. The molecule has 2 aliphatic rings. The molecule has 0 aliphatic carbocycles. The quantitative estimate of drug-likeness (QED) is 0.613. The number of rotatable bonds is 2. The van der Waals surface area contributed by atoms with Crippen molar-refractivity contribution in [2.45, 2.75) is 51.2 Å². The highest BCUT2D eigenvalue weighted by Crippen LogP contribution is 2.24. The molecule has 1 N–H and O–H groups in total. The van der Waals surface area contributed by atoms with Crippen molar-refractivity contribution in [3.63, 3.8) is 0 Å². The average Bonchev–Trinajstić information content (AvgIpc) is 2.30. The predicted octanol–water partition coefficient (Wildman–Crippen LogP) is 1.87. The van der Waals surface area contributed by atoms with Crippen LogP contribution in [0.25, 0.3) is 0 Å². The molecule has 0 aromatic rings. The number of nitrogens with one attached hydrogen (secondary N) is 1. The molecule has 2 saturated heterocycles. The summed E-state index contributed by atoms with van der Waals surface area (Å²) >= 11 is 2.52. The van der Waals surface area contributed by atoms with Crippen LogP contribution < -0.4 is 5.32 Å². The van der Waals surface area contributed by atoms with Crippen LogP contribution in [0.1, 0.15) is 33.1 Å². The van der Waals surface area contributed by atoms with Crippen LogP contribution in [0.4, 0.5) is 0 Å². The van der Waals surface area contributed by atoms with Crippen LogP contribution >= 0.6 is 22.9 Å². The average molecular weight is 337 g/mol. The van der Waals surface area contributed by atoms with Crippen molar-refractivity contribution in [2.24, 2.45) is 0 Å². The van der Waals surface area contributed by atoms with Crippen LogP contribution in [-0.4, -0.2) is 52.3 Å². The van der Waals surface area contributed by atoms with E-state index in [1.807, 2.05) is 0 Å². The monoisotopic (exact) mass is 337 g/mol. The first-order valence-corrected chi connectivity index (χ1v) is 7.55. The Morgan fingerprint density at radius 1 is 1.25 bits per heavy atom. The molecule has 2 fully saturated rings. The maximum absolute atomic E-state index is 3.72. The number of piperazine rings is 1. The molecule has 2 rings (SSSR count). The third kappa shape index (κ3) is 3.09. The van der Waals surface area contributed by atoms with E-state index in [1.165, 1.54) is 38.9 Å². The fourth-order valence-corrected chi connectivity index (χ4v) is 3.86. The van der Waals surface area contributed by atoms with Gasteiger partial charge in [-0.2, -0.15) is 0 Å². The van der Waals surface area contributed by atoms with E-state index in [0.29, 0.717) is 12.1 Å². The van der Waals surface area contributed by atoms with Crippen molar-refractivity contribution in [1.82, 2.24) is 13.3 Å². The lowest BCUT2D eigenvalue weighted by Crippen LogP contribution is -2.60. The van der Waals surface area contributed by atoms with Gasteiger partial charge in [-0.25, -0.2) is 3.11 Å². The van der Waals surface area contributed by atoms with Gasteiger partial charge < -0.3 is 5.32 Å². The number of nitrogens with zero attached hydrogens (tertiary/aromatic N) is 2. The lowest BCUT2D eigenvalue weighted by Gasteiger charge is -2.43. The zero-order valence-electron chi connectivity index (χ0n) is 10.5. The standard InChI is InChI=1S/C12H24IN3/c1-10(2)15-8-6-14-11(9-15)12-5-3-4-7-16(12)13/h10-12,14H,3-9H2,1-2H3. The third-order valence-electron chi connectivity index (χ3n) is 3.91. The summed E-state index contributed by atoms with van der Waals surface area (Å²) in [5.74, 6) is 0. The molecule has 16 heavy (non-hydrogen) atoms. The topological polar surface area (TPSA) is 18.5 Å². The van der Waals surface area contributed by atoms with Gasteiger partial charge in [0, 0.05) is 67.2 Å². The SMILES string of the molecule is CC(C)N1CCNC(C2CCCCN2I)C1. The van der Waals surface area contributed by atoms with Gasteiger partial charge in [-0.05, 0) is 26.7 Å². The molecule has 2 heterocycles. The molecule has 0 aromatic heterocycles. The van der Waals surface area contributed by atoms with Gasteiger partial charge in [0.2, 0.25) is 0 Å². The molecule has 94 valence electrons. The minimum Gasteiger partial charge on any atom is -0.310 e. The van der Waals surface area contributed by atoms with E-state index in [1.54, 1.807) is 0 Å². The lowest BCUT2D eigenvalue weighted by atomic mass is 9.96. The van der Waals surface area contributed by atoms with Gasteiger partial charge in [-0.15, -0.1) is 0 Å². The molecule has 0 saturated carbocycles. The Hall–Kier alpha value is 0.610. The second kappa shape index (κ2) is 5.98. The van der Waals surface area contributed by atoms with Crippen LogP contribution in [0.2, 0.25) is 0 Å². The second-order valence-electron chi connectivity index (χ2n) is 5.34. The first-order valence-electron chi connectivity index (χ1n) is 6.58. The van der Waals surface area contributed by atoms with Gasteiger partial charge in [0.1, 0.15) is 0 Å². The highest BCUT2D eigenvalue weighted by Gasteiger charge is 2.32. The Bertz CT molecular complexity index is 222. The molecule has 2 aliphatic heterocycles. The highest BCUT2D eigenvalue weighted by molar-refractivity contribution is 14.1. The molecule has 0 bridgehead atoms. The summed E-state index contributed by atoms with van der Waals surface area (Å²) in [6.07, 6.45) is 4.15. The van der Waals surface area contributed by atoms with Crippen LogP contribution in [0.15, 0.2) is 0 Å². The first-order chi connectivity index (χ1) is 7.68. The van der Waals surface area contributed by atoms with Crippen LogP contribution in [0, 0.1) is 0 Å². The summed E-state index contributed by atoms with van der Waals surface area (Å²) in [6, 6.07) is 2.11. The van der Waals surface area contributed by atoms with Gasteiger partial charge >= 0.3 is 0 Å². The van der Waals surface area contributed by atoms with E-state index in [9.17, 15) is 0 Å². The number of halogens is 1. The van der Waals surface area contributed by atoms with Gasteiger partial charge in [0.25, 0.3) is 0 Å². The Morgan fingerprint density at radius 3 is 2.75 bits per heavy atom. The molecule has 0 spiro atoms. The summed E-state index contributed by atoms with van der Waals surface area (Å²) in [4.78, 5) is 2.61. The van der Waals surface area contributed by atoms with E-state index in [2.05, 4.69) is 50.0 Å². The van der Waals surface area contributed by atoms with Gasteiger partial charge in [-0.3, -0.25) is 4.90 Å². The zero-order chi connectivity index (χ0) is 11.5. The van der Waals surface area contributed by atoms with E-state index >= 15 is 0 Å². The molecule has 4 heteroatoms. The normalized spacial score (nSPS) is 34.5. The van der Waals surface area contributed by atoms with Crippen molar-refractivity contribution < 1.29 is 0 Å². The largest absolute Gasteiger partial charge is 0.310 e. The Balaban J connectivity index is 1.92. The maximum atomic E-state index is 3.72. The minimum absolute atomic E-state index is 0.674. The van der Waals surface area contributed by atoms with Crippen molar-refractivity contribution in [1.29, 1.82) is 0 Å². The number of hydrogen-bond donors (Lipinski definition) is 1. The van der Waals surface area contributed by atoms with E-state index in [-0.39, 0.29) is 0 Å². The second-order valence-corrected chi connectivity index (χ2v) is 6.58. The number of hydrogen-bond acceptors (Lipinski definition) is 3. The smallest absolute Gasteiger partial charge is 0.0360 e. The third-order valence-corrected chi connectivity index (χ3v) is 5.11. The Labute approximate surface area is 113 Å². The molecule has 2 atom stereocenters. The highest BCUT2D eigenvalue weighted by atomic mass is 127. The van der Waals surface area contributed by atoms with Crippen molar-refractivity contribution in [2.75, 3.05) is 26.2 Å². The Kier molecular flexibility index (Phi) is 4.88. The Morgan fingerprint density at radius 2 is 2.06 bits per heavy atom. The van der Waals surface area contributed by atoms with Crippen molar-refractivity contribution >= 4 is 22.9 Å². The number of piperidine rings is 1. The molecule has 0 aromatic carbocycles. The summed E-state index contributed by atoms with van der Waals surface area (Å²) in [5, 5.41) is 3.72. The zero-order valence-corrected chi connectivity index (χ0v) is 12.6. The minimum atomic E-state index is 0.674. The van der Waals surface area contributed by atoms with Crippen LogP contribution in [0.3, 0.4) is 0 Å². The van der Waals surface area contributed by atoms with Gasteiger partial charge in [-0.1, -0.05) is 6.42 Å². The fraction of sp³-hybridized carbons (Fsp3) is 1.00. The van der Waals surface area contributed by atoms with Crippen LogP contribution in [-0.2, 0) is 0 Å². The molecular weight excluding hydrogens is 313 g/mol. The molecular formula is C12H24IN3. The van der Waals surface area contributed by atoms with Gasteiger partial charge in [0.05, 0.1) is 0 Å². The summed E-state index contributed by atoms with van der Waals surface area (Å²) in [6.45, 7) is 9.48. The molecule has 3 nitrogen and oxygen atoms in total. The van der Waals surface area contributed by atoms with E-state index < -0.39 is 0 Å². The lowest BCUT2D eigenvalue weighted by molar-refractivity contribution is 0.118. The van der Waals surface area contributed by atoms with Gasteiger partial charge in [0.15, 0.2) is 0 Å². The molecule has 0 amide bonds. The van der Waals surface area contributed by atoms with Crippen LogP contribution in [0.5, 0.6) is 0 Å². The van der Waals surface area contributed by atoms with E-state index in [0.717, 1.165) is 12.6 Å². The fourth-order valence-electron chi connectivity index (χ4n) is 2.85. The summed E-state index contributed by atoms with van der Waals surface area (Å²) < 4.78 is 2.53. The first kappa shape index (κ1) is 13.1. The van der Waals surface area contributed by atoms with Crippen molar-refractivity contribution in [3.05, 3.63) is 0 Å². The molecule has 0 radical (unpaired) electrons. The van der Waals surface area contributed by atoms with E-state index in [4.69, 9.17) is 0 Å². The summed E-state index contributed by atoms with van der Waals surface area (Å²) in [5.41, 5.74) is 0. The van der Waals surface area contributed by atoms with Crippen molar-refractivity contribution in [3.8, 4) is 0 Å². The summed E-state index contributed by atoms with van der Waals surface area (Å²) in [7, 11) is 0. The predicted molar refractivity (Wildman–Crippen MR) is 76.9 cm³/mol.